The second-order valence-corrected chi connectivity index (χ2v) is 4.29. The van der Waals surface area contributed by atoms with Crippen molar-refractivity contribution in [3.8, 4) is 11.5 Å². The zero-order chi connectivity index (χ0) is 13.8. The van der Waals surface area contributed by atoms with E-state index < -0.39 is 0 Å². The van der Waals surface area contributed by atoms with E-state index in [1.54, 1.807) is 6.07 Å². The molecule has 1 aromatic carbocycles. The first-order chi connectivity index (χ1) is 9.17. The molecule has 6 nitrogen and oxygen atoms in total. The quantitative estimate of drug-likeness (QED) is 0.820. The third-order valence-corrected chi connectivity index (χ3v) is 3.13. The van der Waals surface area contributed by atoms with E-state index in [1.165, 1.54) is 24.1 Å². The molecule has 1 heterocycles. The average Bonchev–Trinajstić information content (AvgIpc) is 2.46. The van der Waals surface area contributed by atoms with Gasteiger partial charge in [-0.15, -0.1) is 0 Å². The summed E-state index contributed by atoms with van der Waals surface area (Å²) in [6.07, 6.45) is 0. The maximum absolute atomic E-state index is 12.3. The van der Waals surface area contributed by atoms with E-state index in [9.17, 15) is 15.0 Å². The van der Waals surface area contributed by atoms with Crippen LogP contribution in [0.3, 0.4) is 0 Å². The first-order valence-corrected chi connectivity index (χ1v) is 6.04. The normalized spacial score (nSPS) is 19.3. The fourth-order valence-electron chi connectivity index (χ4n) is 2.05. The van der Waals surface area contributed by atoms with E-state index in [1.807, 2.05) is 0 Å². The number of amides is 1. The van der Waals surface area contributed by atoms with E-state index >= 15 is 0 Å². The Bertz CT molecular complexity index is 462. The molecule has 0 bridgehead atoms. The molecular formula is C13H17NO5. The molecule has 2 N–H and O–H groups in total. The maximum Gasteiger partial charge on any atom is 0.258 e. The molecule has 0 aromatic heterocycles. The van der Waals surface area contributed by atoms with Crippen molar-refractivity contribution in [2.24, 2.45) is 0 Å². The minimum Gasteiger partial charge on any atom is -0.507 e. The van der Waals surface area contributed by atoms with Gasteiger partial charge in [-0.3, -0.25) is 4.79 Å². The Balaban J connectivity index is 2.23. The van der Waals surface area contributed by atoms with Crippen LogP contribution in [0.25, 0.3) is 0 Å². The molecule has 1 aromatic rings. The van der Waals surface area contributed by atoms with Gasteiger partial charge in [0.15, 0.2) is 0 Å². The molecule has 1 saturated heterocycles. The highest BCUT2D eigenvalue weighted by Gasteiger charge is 2.28. The highest BCUT2D eigenvalue weighted by Crippen LogP contribution is 2.25. The molecule has 1 atom stereocenters. The highest BCUT2D eigenvalue weighted by atomic mass is 16.5. The van der Waals surface area contributed by atoms with Gasteiger partial charge < -0.3 is 24.6 Å². The minimum atomic E-state index is -0.372. The standard InChI is InChI=1S/C13H17NO5/c1-18-10-2-3-11(12(16)6-10)13(17)14-4-5-19-8-9(14)7-15/h2-3,6,9,15-16H,4-5,7-8H2,1H3. The Morgan fingerprint density at radius 2 is 2.37 bits per heavy atom. The fourth-order valence-corrected chi connectivity index (χ4v) is 2.05. The number of aliphatic hydroxyl groups excluding tert-OH is 1. The smallest absolute Gasteiger partial charge is 0.258 e. The van der Waals surface area contributed by atoms with Crippen molar-refractivity contribution in [2.45, 2.75) is 6.04 Å². The van der Waals surface area contributed by atoms with Gasteiger partial charge >= 0.3 is 0 Å². The molecule has 19 heavy (non-hydrogen) atoms. The number of hydrogen-bond donors (Lipinski definition) is 2. The Hall–Kier alpha value is -1.79. The Kier molecular flexibility index (Phi) is 4.24. The number of aliphatic hydroxyl groups is 1. The van der Waals surface area contributed by atoms with Crippen molar-refractivity contribution in [3.05, 3.63) is 23.8 Å². The Morgan fingerprint density at radius 1 is 1.58 bits per heavy atom. The summed E-state index contributed by atoms with van der Waals surface area (Å²) in [7, 11) is 1.49. The zero-order valence-corrected chi connectivity index (χ0v) is 10.7. The monoisotopic (exact) mass is 267 g/mol. The lowest BCUT2D eigenvalue weighted by atomic mass is 10.1. The number of carbonyl (C=O) groups excluding carboxylic acids is 1. The molecule has 0 radical (unpaired) electrons. The summed E-state index contributed by atoms with van der Waals surface area (Å²) in [6, 6.07) is 4.14. The number of rotatable bonds is 3. The summed E-state index contributed by atoms with van der Waals surface area (Å²) in [5.74, 6) is 0.0322. The van der Waals surface area contributed by atoms with Gasteiger partial charge in [-0.05, 0) is 12.1 Å². The van der Waals surface area contributed by atoms with Gasteiger partial charge in [0, 0.05) is 12.6 Å². The summed E-state index contributed by atoms with van der Waals surface area (Å²) in [4.78, 5) is 13.9. The van der Waals surface area contributed by atoms with E-state index in [0.29, 0.717) is 25.5 Å². The van der Waals surface area contributed by atoms with Crippen LogP contribution in [0.2, 0.25) is 0 Å². The molecule has 2 rings (SSSR count). The number of methoxy groups -OCH3 is 1. The van der Waals surface area contributed by atoms with Crippen molar-refractivity contribution in [1.82, 2.24) is 4.90 Å². The molecular weight excluding hydrogens is 250 g/mol. The number of carbonyl (C=O) groups is 1. The van der Waals surface area contributed by atoms with Gasteiger partial charge in [0.25, 0.3) is 5.91 Å². The van der Waals surface area contributed by atoms with Crippen LogP contribution < -0.4 is 4.74 Å². The molecule has 0 saturated carbocycles. The third-order valence-electron chi connectivity index (χ3n) is 3.13. The number of benzene rings is 1. The van der Waals surface area contributed by atoms with Gasteiger partial charge in [-0.2, -0.15) is 0 Å². The van der Waals surface area contributed by atoms with Crippen LogP contribution in [0.5, 0.6) is 11.5 Å². The number of ether oxygens (including phenoxy) is 2. The van der Waals surface area contributed by atoms with Crippen LogP contribution in [0.4, 0.5) is 0 Å². The lowest BCUT2D eigenvalue weighted by molar-refractivity contribution is -0.0185. The van der Waals surface area contributed by atoms with E-state index in [2.05, 4.69) is 0 Å². The summed E-state index contributed by atoms with van der Waals surface area (Å²) >= 11 is 0. The number of phenols is 1. The molecule has 1 fully saturated rings. The molecule has 1 aliphatic heterocycles. The largest absolute Gasteiger partial charge is 0.507 e. The maximum atomic E-state index is 12.3. The van der Waals surface area contributed by atoms with Crippen molar-refractivity contribution in [3.63, 3.8) is 0 Å². The fraction of sp³-hybridized carbons (Fsp3) is 0.462. The molecule has 1 aliphatic rings. The van der Waals surface area contributed by atoms with Gasteiger partial charge in [0.2, 0.25) is 0 Å². The first-order valence-electron chi connectivity index (χ1n) is 6.04. The number of hydrogen-bond acceptors (Lipinski definition) is 5. The molecule has 0 aliphatic carbocycles. The topological polar surface area (TPSA) is 79.2 Å². The number of aromatic hydroxyl groups is 1. The molecule has 1 amide bonds. The second kappa shape index (κ2) is 5.90. The predicted molar refractivity (Wildman–Crippen MR) is 67.4 cm³/mol. The summed E-state index contributed by atoms with van der Waals surface area (Å²) in [5.41, 5.74) is 0.196. The lowest BCUT2D eigenvalue weighted by Crippen LogP contribution is -2.50. The average molecular weight is 267 g/mol. The van der Waals surface area contributed by atoms with Gasteiger partial charge in [0.05, 0.1) is 38.5 Å². The zero-order valence-electron chi connectivity index (χ0n) is 10.7. The summed E-state index contributed by atoms with van der Waals surface area (Å²) in [6.45, 7) is 0.969. The minimum absolute atomic E-state index is 0.132. The van der Waals surface area contributed by atoms with Crippen LogP contribution in [-0.2, 0) is 4.74 Å². The summed E-state index contributed by atoms with van der Waals surface area (Å²) < 4.78 is 10.2. The Morgan fingerprint density at radius 3 is 3.00 bits per heavy atom. The predicted octanol–water partition coefficient (Wildman–Crippen LogP) is 0.234. The van der Waals surface area contributed by atoms with Gasteiger partial charge in [-0.25, -0.2) is 0 Å². The van der Waals surface area contributed by atoms with Gasteiger partial charge in [-0.1, -0.05) is 0 Å². The van der Waals surface area contributed by atoms with E-state index in [4.69, 9.17) is 9.47 Å². The lowest BCUT2D eigenvalue weighted by Gasteiger charge is -2.34. The van der Waals surface area contributed by atoms with E-state index in [0.717, 1.165) is 0 Å². The molecule has 104 valence electrons. The van der Waals surface area contributed by atoms with Crippen molar-refractivity contribution < 1.29 is 24.5 Å². The van der Waals surface area contributed by atoms with Crippen molar-refractivity contribution in [1.29, 1.82) is 0 Å². The van der Waals surface area contributed by atoms with Crippen molar-refractivity contribution >= 4 is 5.91 Å². The van der Waals surface area contributed by atoms with E-state index in [-0.39, 0.29) is 29.9 Å². The molecule has 0 spiro atoms. The highest BCUT2D eigenvalue weighted by molar-refractivity contribution is 5.97. The van der Waals surface area contributed by atoms with Crippen LogP contribution in [0, 0.1) is 0 Å². The number of morpholine rings is 1. The van der Waals surface area contributed by atoms with Crippen molar-refractivity contribution in [2.75, 3.05) is 33.5 Å². The van der Waals surface area contributed by atoms with Crippen LogP contribution in [0.15, 0.2) is 18.2 Å². The van der Waals surface area contributed by atoms with Gasteiger partial charge in [0.1, 0.15) is 11.5 Å². The molecule has 6 heteroatoms. The van der Waals surface area contributed by atoms with Crippen LogP contribution in [-0.4, -0.2) is 60.5 Å². The SMILES string of the molecule is COc1ccc(C(=O)N2CCOCC2CO)c(O)c1. The second-order valence-electron chi connectivity index (χ2n) is 4.29. The summed E-state index contributed by atoms with van der Waals surface area (Å²) in [5, 5.41) is 19.1. The van der Waals surface area contributed by atoms with Crippen LogP contribution >= 0.6 is 0 Å². The Labute approximate surface area is 111 Å². The first kappa shape index (κ1) is 13.6. The third kappa shape index (κ3) is 2.80. The number of phenolic OH excluding ortho intramolecular Hbond substituents is 1. The molecule has 1 unspecified atom stereocenters. The number of nitrogens with zero attached hydrogens (tertiary/aromatic N) is 1. The van der Waals surface area contributed by atoms with Crippen LogP contribution in [0.1, 0.15) is 10.4 Å².